The molecule has 1 N–H and O–H groups in total. The molecule has 1 saturated heterocycles. The molecule has 2 aromatic heterocycles. The van der Waals surface area contributed by atoms with Crippen molar-refractivity contribution >= 4 is 35.0 Å². The molecule has 1 aliphatic heterocycles. The van der Waals surface area contributed by atoms with Crippen molar-refractivity contribution in [2.75, 3.05) is 22.5 Å². The van der Waals surface area contributed by atoms with Crippen molar-refractivity contribution in [2.24, 2.45) is 0 Å². The quantitative estimate of drug-likeness (QED) is 0.535. The van der Waals surface area contributed by atoms with Gasteiger partial charge >= 0.3 is 0 Å². The third-order valence-corrected chi connectivity index (χ3v) is 6.00. The number of nitrogens with one attached hydrogen (secondary N) is 1. The second kappa shape index (κ2) is 9.38. The minimum Gasteiger partial charge on any atom is -0.467 e. The molecule has 0 bridgehead atoms. The van der Waals surface area contributed by atoms with E-state index in [0.29, 0.717) is 30.4 Å². The molecular weight excluding hydrogens is 414 g/mol. The maximum absolute atomic E-state index is 12.7. The molecule has 3 heterocycles. The van der Waals surface area contributed by atoms with Gasteiger partial charge in [-0.2, -0.15) is 0 Å². The number of aromatic nitrogens is 3. The molecule has 8 nitrogen and oxygen atoms in total. The zero-order chi connectivity index (χ0) is 21.8. The van der Waals surface area contributed by atoms with Gasteiger partial charge in [0.2, 0.25) is 11.8 Å². The van der Waals surface area contributed by atoms with Gasteiger partial charge in [0.25, 0.3) is 0 Å². The molecule has 0 atom stereocenters. The average molecular weight is 440 g/mol. The van der Waals surface area contributed by atoms with Gasteiger partial charge in [0, 0.05) is 18.9 Å². The predicted octanol–water partition coefficient (Wildman–Crippen LogP) is 3.90. The summed E-state index contributed by atoms with van der Waals surface area (Å²) < 4.78 is 7.46. The fourth-order valence-corrected chi connectivity index (χ4v) is 4.32. The van der Waals surface area contributed by atoms with E-state index in [1.165, 1.54) is 11.8 Å². The highest BCUT2D eigenvalue weighted by molar-refractivity contribution is 7.99. The molecule has 31 heavy (non-hydrogen) atoms. The number of hydrogen-bond donors (Lipinski definition) is 1. The highest BCUT2D eigenvalue weighted by Crippen LogP contribution is 2.30. The number of benzene rings is 1. The lowest BCUT2D eigenvalue weighted by Crippen LogP contribution is -2.26. The average Bonchev–Trinajstić information content (AvgIpc) is 3.49. The number of para-hydroxylation sites is 2. The van der Waals surface area contributed by atoms with E-state index in [1.54, 1.807) is 11.2 Å². The summed E-state index contributed by atoms with van der Waals surface area (Å²) in [4.78, 5) is 26.6. The Balaban J connectivity index is 1.45. The minimum absolute atomic E-state index is 0.0864. The molecular formula is C22H25N5O3S. The van der Waals surface area contributed by atoms with Gasteiger partial charge in [-0.3, -0.25) is 14.2 Å². The largest absolute Gasteiger partial charge is 0.467 e. The standard InChI is InChI=1S/C22H25N5O3S/c1-15(2)21-24-25-22(27(21)13-16-7-6-12-30-16)31-14-19(28)23-17-8-3-4-9-18(17)26-11-5-10-20(26)29/h3-4,6-9,12,15H,5,10-11,13-14H2,1-2H3,(H,23,28). The molecule has 162 valence electrons. The van der Waals surface area contributed by atoms with Crippen molar-refractivity contribution in [1.82, 2.24) is 14.8 Å². The zero-order valence-corrected chi connectivity index (χ0v) is 18.4. The smallest absolute Gasteiger partial charge is 0.234 e. The van der Waals surface area contributed by atoms with E-state index in [9.17, 15) is 9.59 Å². The van der Waals surface area contributed by atoms with Gasteiger partial charge in [0.05, 0.1) is 29.9 Å². The Morgan fingerprint density at radius 1 is 1.23 bits per heavy atom. The molecule has 4 rings (SSSR count). The number of anilines is 2. The van der Waals surface area contributed by atoms with Crippen LogP contribution in [0.5, 0.6) is 0 Å². The van der Waals surface area contributed by atoms with E-state index in [-0.39, 0.29) is 23.5 Å². The zero-order valence-electron chi connectivity index (χ0n) is 17.6. The van der Waals surface area contributed by atoms with Gasteiger partial charge in [-0.1, -0.05) is 37.7 Å². The first-order valence-corrected chi connectivity index (χ1v) is 11.3. The second-order valence-electron chi connectivity index (χ2n) is 7.66. The molecule has 3 aromatic rings. The van der Waals surface area contributed by atoms with Crippen molar-refractivity contribution < 1.29 is 14.0 Å². The normalized spacial score (nSPS) is 13.9. The molecule has 2 amide bonds. The Kier molecular flexibility index (Phi) is 6.41. The molecule has 0 unspecified atom stereocenters. The van der Waals surface area contributed by atoms with Crippen LogP contribution in [0.1, 0.15) is 44.2 Å². The first-order valence-electron chi connectivity index (χ1n) is 10.3. The maximum Gasteiger partial charge on any atom is 0.234 e. The lowest BCUT2D eigenvalue weighted by molar-refractivity contribution is -0.117. The number of rotatable bonds is 8. The number of hydrogen-bond acceptors (Lipinski definition) is 6. The van der Waals surface area contributed by atoms with Crippen molar-refractivity contribution in [1.29, 1.82) is 0 Å². The summed E-state index contributed by atoms with van der Waals surface area (Å²) in [6, 6.07) is 11.2. The van der Waals surface area contributed by atoms with Crippen LogP contribution in [-0.4, -0.2) is 38.9 Å². The van der Waals surface area contributed by atoms with E-state index < -0.39 is 0 Å². The second-order valence-corrected chi connectivity index (χ2v) is 8.61. The summed E-state index contributed by atoms with van der Waals surface area (Å²) in [6.45, 7) is 5.30. The van der Waals surface area contributed by atoms with Crippen LogP contribution >= 0.6 is 11.8 Å². The number of nitrogens with zero attached hydrogens (tertiary/aromatic N) is 4. The third kappa shape index (κ3) is 4.82. The number of carbonyl (C=O) groups excluding carboxylic acids is 2. The van der Waals surface area contributed by atoms with Gasteiger partial charge in [-0.05, 0) is 30.7 Å². The van der Waals surface area contributed by atoms with Crippen molar-refractivity contribution in [3.8, 4) is 0 Å². The van der Waals surface area contributed by atoms with Crippen LogP contribution in [0.15, 0.2) is 52.2 Å². The van der Waals surface area contributed by atoms with Crippen LogP contribution in [0.3, 0.4) is 0 Å². The van der Waals surface area contributed by atoms with Gasteiger partial charge < -0.3 is 14.6 Å². The number of carbonyl (C=O) groups is 2. The summed E-state index contributed by atoms with van der Waals surface area (Å²) >= 11 is 1.33. The molecule has 0 saturated carbocycles. The van der Waals surface area contributed by atoms with E-state index >= 15 is 0 Å². The first kappa shape index (κ1) is 21.2. The maximum atomic E-state index is 12.7. The monoisotopic (exact) mass is 439 g/mol. The predicted molar refractivity (Wildman–Crippen MR) is 119 cm³/mol. The first-order chi connectivity index (χ1) is 15.0. The Bertz CT molecular complexity index is 1060. The van der Waals surface area contributed by atoms with Crippen LogP contribution in [0.4, 0.5) is 11.4 Å². The van der Waals surface area contributed by atoms with Crippen LogP contribution in [0.2, 0.25) is 0 Å². The van der Waals surface area contributed by atoms with Crippen LogP contribution in [0, 0.1) is 0 Å². The summed E-state index contributed by atoms with van der Waals surface area (Å²) in [7, 11) is 0. The molecule has 1 aliphatic rings. The van der Waals surface area contributed by atoms with Gasteiger partial charge in [-0.25, -0.2) is 0 Å². The van der Waals surface area contributed by atoms with Crippen molar-refractivity contribution in [2.45, 2.75) is 44.3 Å². The van der Waals surface area contributed by atoms with Crippen LogP contribution in [0.25, 0.3) is 0 Å². The van der Waals surface area contributed by atoms with Crippen LogP contribution < -0.4 is 10.2 Å². The lowest BCUT2D eigenvalue weighted by Gasteiger charge is -2.19. The topological polar surface area (TPSA) is 93.3 Å². The van der Waals surface area contributed by atoms with Gasteiger partial charge in [0.15, 0.2) is 5.16 Å². The van der Waals surface area contributed by atoms with Crippen molar-refractivity contribution in [3.05, 3.63) is 54.2 Å². The summed E-state index contributed by atoms with van der Waals surface area (Å²) in [6.07, 6.45) is 3.01. The highest BCUT2D eigenvalue weighted by atomic mass is 32.2. The fraction of sp³-hybridized carbons (Fsp3) is 0.364. The number of amides is 2. The van der Waals surface area contributed by atoms with E-state index in [4.69, 9.17) is 4.42 Å². The van der Waals surface area contributed by atoms with Gasteiger partial charge in [0.1, 0.15) is 11.6 Å². The van der Waals surface area contributed by atoms with E-state index in [2.05, 4.69) is 29.4 Å². The Morgan fingerprint density at radius 3 is 2.77 bits per heavy atom. The lowest BCUT2D eigenvalue weighted by atomic mass is 10.2. The SMILES string of the molecule is CC(C)c1nnc(SCC(=O)Nc2ccccc2N2CCCC2=O)n1Cc1ccco1. The fourth-order valence-electron chi connectivity index (χ4n) is 3.57. The molecule has 1 aromatic carbocycles. The Labute approximate surface area is 185 Å². The number of thioether (sulfide) groups is 1. The Morgan fingerprint density at radius 2 is 2.06 bits per heavy atom. The molecule has 0 aliphatic carbocycles. The number of furan rings is 1. The minimum atomic E-state index is -0.164. The highest BCUT2D eigenvalue weighted by Gasteiger charge is 2.24. The third-order valence-electron chi connectivity index (χ3n) is 5.03. The van der Waals surface area contributed by atoms with Gasteiger partial charge in [-0.15, -0.1) is 10.2 Å². The summed E-state index contributed by atoms with van der Waals surface area (Å²) in [5.41, 5.74) is 1.38. The summed E-state index contributed by atoms with van der Waals surface area (Å²) in [5, 5.41) is 12.2. The van der Waals surface area contributed by atoms with Crippen molar-refractivity contribution in [3.63, 3.8) is 0 Å². The Hall–Kier alpha value is -3.07. The van der Waals surface area contributed by atoms with Crippen LogP contribution in [-0.2, 0) is 16.1 Å². The molecule has 0 spiro atoms. The summed E-state index contributed by atoms with van der Waals surface area (Å²) in [5.74, 6) is 1.94. The molecule has 1 fully saturated rings. The molecule has 9 heteroatoms. The molecule has 0 radical (unpaired) electrons. The van der Waals surface area contributed by atoms with E-state index in [1.807, 2.05) is 41.0 Å². The van der Waals surface area contributed by atoms with E-state index in [0.717, 1.165) is 23.7 Å².